The highest BCUT2D eigenvalue weighted by Crippen LogP contribution is 2.12. The molecule has 1 unspecified atom stereocenters. The summed E-state index contributed by atoms with van der Waals surface area (Å²) in [5.41, 5.74) is 0. The molecule has 0 radical (unpaired) electrons. The fourth-order valence-corrected chi connectivity index (χ4v) is 2.46. The number of hydrogen-bond acceptors (Lipinski definition) is 5. The molecular formula is C9H11N5O2S. The zero-order chi connectivity index (χ0) is 12.3. The number of pyridine rings is 1. The van der Waals surface area contributed by atoms with Crippen molar-refractivity contribution in [2.24, 2.45) is 0 Å². The summed E-state index contributed by atoms with van der Waals surface area (Å²) >= 11 is 0. The second-order valence-corrected chi connectivity index (χ2v) is 5.12. The van der Waals surface area contributed by atoms with Crippen molar-refractivity contribution in [1.82, 2.24) is 24.9 Å². The van der Waals surface area contributed by atoms with Crippen LogP contribution in [0.4, 0.5) is 0 Å². The van der Waals surface area contributed by atoms with Crippen LogP contribution in [0.25, 0.3) is 0 Å². The van der Waals surface area contributed by atoms with Crippen molar-refractivity contribution in [3.05, 3.63) is 36.7 Å². The third kappa shape index (κ3) is 2.66. The number of aromatic nitrogens is 4. The van der Waals surface area contributed by atoms with Gasteiger partial charge in [-0.05, 0) is 19.1 Å². The van der Waals surface area contributed by atoms with Crippen molar-refractivity contribution in [2.45, 2.75) is 17.9 Å². The third-order valence-corrected chi connectivity index (χ3v) is 3.65. The number of nitrogens with zero attached hydrogens (tertiary/aromatic N) is 3. The summed E-state index contributed by atoms with van der Waals surface area (Å²) in [4.78, 5) is 7.77. The first-order chi connectivity index (χ1) is 8.09. The van der Waals surface area contributed by atoms with Crippen molar-refractivity contribution in [1.29, 1.82) is 0 Å². The van der Waals surface area contributed by atoms with E-state index in [0.717, 1.165) is 0 Å². The lowest BCUT2D eigenvalue weighted by Gasteiger charge is -2.11. The summed E-state index contributed by atoms with van der Waals surface area (Å²) in [6, 6.07) is 2.55. The van der Waals surface area contributed by atoms with Gasteiger partial charge in [0.2, 0.25) is 10.0 Å². The van der Waals surface area contributed by atoms with Crippen LogP contribution in [0, 0.1) is 0 Å². The van der Waals surface area contributed by atoms with Gasteiger partial charge < -0.3 is 0 Å². The van der Waals surface area contributed by atoms with Gasteiger partial charge in [-0.1, -0.05) is 0 Å². The SMILES string of the molecule is CC(NS(=O)(=O)c1cccnc1)c1ncn[nH]1. The zero-order valence-corrected chi connectivity index (χ0v) is 9.85. The highest BCUT2D eigenvalue weighted by molar-refractivity contribution is 7.89. The first kappa shape index (κ1) is 11.7. The molecule has 90 valence electrons. The Morgan fingerprint density at radius 2 is 2.29 bits per heavy atom. The molecule has 7 nitrogen and oxygen atoms in total. The smallest absolute Gasteiger partial charge is 0.242 e. The van der Waals surface area contributed by atoms with E-state index in [1.54, 1.807) is 13.0 Å². The largest absolute Gasteiger partial charge is 0.263 e. The highest BCUT2D eigenvalue weighted by atomic mass is 32.2. The van der Waals surface area contributed by atoms with E-state index in [1.807, 2.05) is 0 Å². The van der Waals surface area contributed by atoms with Crippen LogP contribution in [0.3, 0.4) is 0 Å². The van der Waals surface area contributed by atoms with Crippen LogP contribution in [-0.2, 0) is 10.0 Å². The second kappa shape index (κ2) is 4.60. The lowest BCUT2D eigenvalue weighted by Crippen LogP contribution is -2.27. The van der Waals surface area contributed by atoms with E-state index in [-0.39, 0.29) is 4.90 Å². The van der Waals surface area contributed by atoms with Gasteiger partial charge in [0.15, 0.2) is 0 Å². The second-order valence-electron chi connectivity index (χ2n) is 3.40. The molecule has 0 spiro atoms. The zero-order valence-electron chi connectivity index (χ0n) is 9.03. The summed E-state index contributed by atoms with van der Waals surface area (Å²) in [6.07, 6.45) is 4.12. The number of sulfonamides is 1. The summed E-state index contributed by atoms with van der Waals surface area (Å²) in [7, 11) is -3.59. The van der Waals surface area contributed by atoms with E-state index in [9.17, 15) is 8.42 Å². The number of hydrogen-bond donors (Lipinski definition) is 2. The first-order valence-electron chi connectivity index (χ1n) is 4.87. The van der Waals surface area contributed by atoms with Crippen LogP contribution in [0.15, 0.2) is 35.7 Å². The normalized spacial score (nSPS) is 13.5. The molecule has 2 rings (SSSR count). The molecule has 8 heteroatoms. The Hall–Kier alpha value is -1.80. The number of aromatic amines is 1. The molecule has 0 saturated heterocycles. The van der Waals surface area contributed by atoms with Gasteiger partial charge in [-0.25, -0.2) is 18.1 Å². The lowest BCUT2D eigenvalue weighted by atomic mass is 10.3. The number of nitrogens with one attached hydrogen (secondary N) is 2. The van der Waals surface area contributed by atoms with Crippen LogP contribution < -0.4 is 4.72 Å². The maximum Gasteiger partial charge on any atom is 0.242 e. The van der Waals surface area contributed by atoms with E-state index >= 15 is 0 Å². The third-order valence-electron chi connectivity index (χ3n) is 2.12. The molecule has 0 saturated carbocycles. The van der Waals surface area contributed by atoms with Gasteiger partial charge in [-0.3, -0.25) is 10.1 Å². The van der Waals surface area contributed by atoms with Crippen LogP contribution in [0.5, 0.6) is 0 Å². The van der Waals surface area contributed by atoms with Gasteiger partial charge in [0.1, 0.15) is 17.0 Å². The van der Waals surface area contributed by atoms with Crippen molar-refractivity contribution in [3.8, 4) is 0 Å². The van der Waals surface area contributed by atoms with Crippen molar-refractivity contribution < 1.29 is 8.42 Å². The monoisotopic (exact) mass is 253 g/mol. The molecule has 2 N–H and O–H groups in total. The summed E-state index contributed by atoms with van der Waals surface area (Å²) < 4.78 is 26.3. The standard InChI is InChI=1S/C9H11N5O2S/c1-7(9-11-6-12-13-9)14-17(15,16)8-3-2-4-10-5-8/h2-7,14H,1H3,(H,11,12,13). The number of H-pyrrole nitrogens is 1. The Labute approximate surface area is 98.4 Å². The van der Waals surface area contributed by atoms with Crippen LogP contribution in [-0.4, -0.2) is 28.6 Å². The molecule has 0 aliphatic rings. The minimum atomic E-state index is -3.59. The Bertz CT molecular complexity index is 567. The fraction of sp³-hybridized carbons (Fsp3) is 0.222. The fourth-order valence-electron chi connectivity index (χ4n) is 1.29. The van der Waals surface area contributed by atoms with Gasteiger partial charge >= 0.3 is 0 Å². The van der Waals surface area contributed by atoms with E-state index < -0.39 is 16.1 Å². The molecule has 0 bridgehead atoms. The average molecular weight is 253 g/mol. The van der Waals surface area contributed by atoms with E-state index in [2.05, 4.69) is 24.9 Å². The van der Waals surface area contributed by atoms with Crippen LogP contribution in [0.2, 0.25) is 0 Å². The Morgan fingerprint density at radius 1 is 1.47 bits per heavy atom. The lowest BCUT2D eigenvalue weighted by molar-refractivity contribution is 0.560. The van der Waals surface area contributed by atoms with Gasteiger partial charge in [0, 0.05) is 12.4 Å². The molecule has 0 amide bonds. The summed E-state index contributed by atoms with van der Waals surface area (Å²) in [5, 5.41) is 6.27. The quantitative estimate of drug-likeness (QED) is 0.812. The molecule has 0 fully saturated rings. The highest BCUT2D eigenvalue weighted by Gasteiger charge is 2.19. The van der Waals surface area contributed by atoms with Gasteiger partial charge in [0.25, 0.3) is 0 Å². The maximum absolute atomic E-state index is 11.9. The molecule has 2 heterocycles. The molecular weight excluding hydrogens is 242 g/mol. The predicted molar refractivity (Wildman–Crippen MR) is 59.4 cm³/mol. The van der Waals surface area contributed by atoms with Crippen LogP contribution >= 0.6 is 0 Å². The Morgan fingerprint density at radius 3 is 2.88 bits per heavy atom. The summed E-state index contributed by atoms with van der Waals surface area (Å²) in [6.45, 7) is 1.68. The van der Waals surface area contributed by atoms with Crippen molar-refractivity contribution in [3.63, 3.8) is 0 Å². The van der Waals surface area contributed by atoms with E-state index in [0.29, 0.717) is 5.82 Å². The maximum atomic E-state index is 11.9. The minimum Gasteiger partial charge on any atom is -0.263 e. The van der Waals surface area contributed by atoms with Gasteiger partial charge in [0.05, 0.1) is 6.04 Å². The minimum absolute atomic E-state index is 0.117. The Kier molecular flexibility index (Phi) is 3.16. The topological polar surface area (TPSA) is 101 Å². The average Bonchev–Trinajstić information content (AvgIpc) is 2.83. The van der Waals surface area contributed by atoms with Crippen molar-refractivity contribution >= 4 is 10.0 Å². The Balaban J connectivity index is 2.19. The van der Waals surface area contributed by atoms with Gasteiger partial charge in [-0.15, -0.1) is 0 Å². The molecule has 0 aliphatic heterocycles. The molecule has 0 aromatic carbocycles. The molecule has 2 aromatic heterocycles. The molecule has 2 aromatic rings. The first-order valence-corrected chi connectivity index (χ1v) is 6.35. The predicted octanol–water partition coefficient (Wildman–Crippen LogP) is 0.239. The molecule has 0 aliphatic carbocycles. The molecule has 17 heavy (non-hydrogen) atoms. The van der Waals surface area contributed by atoms with Crippen LogP contribution in [0.1, 0.15) is 18.8 Å². The van der Waals surface area contributed by atoms with Gasteiger partial charge in [-0.2, -0.15) is 5.10 Å². The molecule has 1 atom stereocenters. The van der Waals surface area contributed by atoms with Crippen molar-refractivity contribution in [2.75, 3.05) is 0 Å². The number of rotatable bonds is 4. The summed E-state index contributed by atoms with van der Waals surface area (Å²) in [5.74, 6) is 0.456. The van der Waals surface area contributed by atoms with E-state index in [1.165, 1.54) is 24.8 Å². The van der Waals surface area contributed by atoms with E-state index in [4.69, 9.17) is 0 Å².